The maximum Gasteiger partial charge on any atom is 0.276 e. The number of rotatable bonds is 3. The average Bonchev–Trinajstić information content (AvgIpc) is 3.00. The lowest BCUT2D eigenvalue weighted by Crippen LogP contribution is -2.14. The first kappa shape index (κ1) is 17.7. The molecular weight excluding hydrogens is 343 g/mol. The van der Waals surface area contributed by atoms with Crippen LogP contribution in [0.4, 0.5) is 18.9 Å². The van der Waals surface area contributed by atoms with Crippen LogP contribution in [0.5, 0.6) is 0 Å². The van der Waals surface area contributed by atoms with Crippen molar-refractivity contribution in [2.75, 3.05) is 5.32 Å². The summed E-state index contributed by atoms with van der Waals surface area (Å²) in [6, 6.07) is 9.11. The summed E-state index contributed by atoms with van der Waals surface area (Å²) in [5.74, 6) is -5.14. The molecule has 26 heavy (non-hydrogen) atoms. The van der Waals surface area contributed by atoms with Gasteiger partial charge in [-0.2, -0.15) is 5.10 Å². The largest absolute Gasteiger partial charge is 0.318 e. The average molecular weight is 359 g/mol. The molecule has 4 nitrogen and oxygen atoms in total. The molecule has 7 heteroatoms. The second-order valence-electron chi connectivity index (χ2n) is 6.01. The number of hydrogen-bond acceptors (Lipinski definition) is 2. The quantitative estimate of drug-likeness (QED) is 0.706. The van der Waals surface area contributed by atoms with Gasteiger partial charge in [0.05, 0.1) is 11.4 Å². The van der Waals surface area contributed by atoms with Crippen molar-refractivity contribution >= 4 is 11.6 Å². The van der Waals surface area contributed by atoms with Gasteiger partial charge >= 0.3 is 0 Å². The number of carbonyl (C=O) groups excluding carboxylic acids is 1. The van der Waals surface area contributed by atoms with Crippen molar-refractivity contribution in [3.8, 4) is 11.3 Å². The van der Waals surface area contributed by atoms with Gasteiger partial charge in [-0.3, -0.25) is 9.48 Å². The minimum atomic E-state index is -1.64. The highest BCUT2D eigenvalue weighted by molar-refractivity contribution is 6.03. The van der Waals surface area contributed by atoms with E-state index in [9.17, 15) is 18.0 Å². The third kappa shape index (κ3) is 3.20. The number of carbonyl (C=O) groups is 1. The molecule has 1 heterocycles. The fraction of sp³-hybridized carbons (Fsp3) is 0.158. The summed E-state index contributed by atoms with van der Waals surface area (Å²) in [7, 11) is 1.68. The predicted octanol–water partition coefficient (Wildman–Crippen LogP) is 4.37. The monoisotopic (exact) mass is 359 g/mol. The van der Waals surface area contributed by atoms with Crippen molar-refractivity contribution in [1.29, 1.82) is 0 Å². The molecule has 0 aliphatic rings. The molecule has 2 aromatic carbocycles. The molecule has 0 bridgehead atoms. The Hall–Kier alpha value is -3.09. The van der Waals surface area contributed by atoms with Crippen LogP contribution in [0.2, 0.25) is 0 Å². The number of nitrogens with zero attached hydrogens (tertiary/aromatic N) is 2. The van der Waals surface area contributed by atoms with Crippen LogP contribution in [-0.2, 0) is 7.05 Å². The number of benzene rings is 2. The Morgan fingerprint density at radius 2 is 1.73 bits per heavy atom. The van der Waals surface area contributed by atoms with Crippen LogP contribution >= 0.6 is 0 Å². The smallest absolute Gasteiger partial charge is 0.276 e. The number of nitrogens with one attached hydrogen (secondary N) is 1. The van der Waals surface area contributed by atoms with Gasteiger partial charge in [0.1, 0.15) is 0 Å². The molecular formula is C19H16F3N3O. The number of aromatic nitrogens is 2. The van der Waals surface area contributed by atoms with E-state index < -0.39 is 29.0 Å². The molecule has 134 valence electrons. The fourth-order valence-electron chi connectivity index (χ4n) is 2.56. The fourth-order valence-corrected chi connectivity index (χ4v) is 2.56. The topological polar surface area (TPSA) is 46.9 Å². The van der Waals surface area contributed by atoms with E-state index >= 15 is 0 Å². The van der Waals surface area contributed by atoms with Crippen molar-refractivity contribution in [3.05, 3.63) is 70.7 Å². The van der Waals surface area contributed by atoms with Crippen molar-refractivity contribution in [1.82, 2.24) is 9.78 Å². The van der Waals surface area contributed by atoms with Gasteiger partial charge in [-0.1, -0.05) is 12.1 Å². The second kappa shape index (κ2) is 6.67. The lowest BCUT2D eigenvalue weighted by Gasteiger charge is -2.05. The Balaban J connectivity index is 1.90. The molecule has 1 aromatic heterocycles. The van der Waals surface area contributed by atoms with E-state index in [0.717, 1.165) is 28.8 Å². The first-order valence-electron chi connectivity index (χ1n) is 7.84. The summed E-state index contributed by atoms with van der Waals surface area (Å²) in [5, 5.41) is 6.33. The van der Waals surface area contributed by atoms with Gasteiger partial charge in [-0.15, -0.1) is 0 Å². The third-order valence-electron chi connectivity index (χ3n) is 4.20. The summed E-state index contributed by atoms with van der Waals surface area (Å²) in [6.45, 7) is 3.98. The van der Waals surface area contributed by atoms with Gasteiger partial charge < -0.3 is 5.32 Å². The van der Waals surface area contributed by atoms with Gasteiger partial charge in [-0.05, 0) is 49.2 Å². The summed E-state index contributed by atoms with van der Waals surface area (Å²) in [6.07, 6.45) is 0. The highest BCUT2D eigenvalue weighted by Gasteiger charge is 2.19. The van der Waals surface area contributed by atoms with E-state index in [2.05, 4.69) is 10.4 Å². The molecule has 0 saturated carbocycles. The van der Waals surface area contributed by atoms with Crippen LogP contribution < -0.4 is 5.32 Å². The van der Waals surface area contributed by atoms with E-state index in [1.54, 1.807) is 13.1 Å². The zero-order valence-corrected chi connectivity index (χ0v) is 14.4. The summed E-state index contributed by atoms with van der Waals surface area (Å²) in [5.41, 5.74) is 3.39. The molecule has 1 N–H and O–H groups in total. The zero-order valence-electron chi connectivity index (χ0n) is 14.4. The van der Waals surface area contributed by atoms with E-state index in [1.165, 1.54) is 4.68 Å². The molecule has 3 aromatic rings. The van der Waals surface area contributed by atoms with Crippen molar-refractivity contribution in [3.63, 3.8) is 0 Å². The van der Waals surface area contributed by atoms with Crippen molar-refractivity contribution in [2.24, 2.45) is 7.05 Å². The van der Waals surface area contributed by atoms with Crippen molar-refractivity contribution < 1.29 is 18.0 Å². The van der Waals surface area contributed by atoms with Crippen LogP contribution in [0.15, 0.2) is 36.4 Å². The molecule has 0 spiro atoms. The van der Waals surface area contributed by atoms with Crippen LogP contribution in [0.1, 0.15) is 21.6 Å². The van der Waals surface area contributed by atoms with E-state index in [-0.39, 0.29) is 5.69 Å². The van der Waals surface area contributed by atoms with Crippen LogP contribution in [0, 0.1) is 31.3 Å². The number of anilines is 1. The van der Waals surface area contributed by atoms with E-state index in [1.807, 2.05) is 32.0 Å². The Bertz CT molecular complexity index is 1010. The standard InChI is InChI=1S/C19H16F3N3O/c1-10-4-5-12(8-11(10)2)16-9-15(24-25(16)3)19(26)23-14-7-6-13(20)17(21)18(14)22/h4-9H,1-3H3,(H,23,26). The molecule has 0 fully saturated rings. The number of aryl methyl sites for hydroxylation is 3. The van der Waals surface area contributed by atoms with Gasteiger partial charge in [0.25, 0.3) is 5.91 Å². The van der Waals surface area contributed by atoms with Gasteiger partial charge in [-0.25, -0.2) is 13.2 Å². The SMILES string of the molecule is Cc1ccc(-c2cc(C(=O)Nc3ccc(F)c(F)c3F)nn2C)cc1C. The molecule has 0 saturated heterocycles. The number of amides is 1. The molecule has 3 rings (SSSR count). The maximum atomic E-state index is 13.7. The van der Waals surface area contributed by atoms with Gasteiger partial charge in [0.15, 0.2) is 23.1 Å². The van der Waals surface area contributed by atoms with Crippen LogP contribution in [0.25, 0.3) is 11.3 Å². The molecule has 0 unspecified atom stereocenters. The minimum Gasteiger partial charge on any atom is -0.318 e. The maximum absolute atomic E-state index is 13.7. The van der Waals surface area contributed by atoms with Gasteiger partial charge in [0.2, 0.25) is 0 Å². The van der Waals surface area contributed by atoms with E-state index in [0.29, 0.717) is 5.69 Å². The molecule has 1 amide bonds. The first-order chi connectivity index (χ1) is 12.3. The predicted molar refractivity (Wildman–Crippen MR) is 92.4 cm³/mol. The van der Waals surface area contributed by atoms with Gasteiger partial charge in [0, 0.05) is 12.6 Å². The van der Waals surface area contributed by atoms with Crippen molar-refractivity contribution in [2.45, 2.75) is 13.8 Å². The third-order valence-corrected chi connectivity index (χ3v) is 4.20. The highest BCUT2D eigenvalue weighted by atomic mass is 19.2. The Labute approximate surface area is 148 Å². The molecule has 0 aliphatic heterocycles. The zero-order chi connectivity index (χ0) is 19.0. The summed E-state index contributed by atoms with van der Waals surface area (Å²) < 4.78 is 41.5. The van der Waals surface area contributed by atoms with E-state index in [4.69, 9.17) is 0 Å². The second-order valence-corrected chi connectivity index (χ2v) is 6.01. The first-order valence-corrected chi connectivity index (χ1v) is 7.84. The number of hydrogen-bond donors (Lipinski definition) is 1. The summed E-state index contributed by atoms with van der Waals surface area (Å²) >= 11 is 0. The van der Waals surface area contributed by atoms with Crippen LogP contribution in [0.3, 0.4) is 0 Å². The molecule has 0 radical (unpaired) electrons. The Morgan fingerprint density at radius 3 is 2.42 bits per heavy atom. The normalized spacial score (nSPS) is 10.8. The van der Waals surface area contributed by atoms with Crippen LogP contribution in [-0.4, -0.2) is 15.7 Å². The lowest BCUT2D eigenvalue weighted by molar-refractivity contribution is 0.102. The minimum absolute atomic E-state index is 0.0323. The molecule has 0 aliphatic carbocycles. The summed E-state index contributed by atoms with van der Waals surface area (Å²) in [4.78, 5) is 12.3. The molecule has 0 atom stereocenters. The number of halogens is 3. The lowest BCUT2D eigenvalue weighted by atomic mass is 10.0. The highest BCUT2D eigenvalue weighted by Crippen LogP contribution is 2.24. The Morgan fingerprint density at radius 1 is 1.00 bits per heavy atom. The Kier molecular flexibility index (Phi) is 4.54.